The average Bonchev–Trinajstić information content (AvgIpc) is 2.47. The second kappa shape index (κ2) is 6.44. The largest absolute Gasteiger partial charge is 0.481 e. The van der Waals surface area contributed by atoms with Crippen molar-refractivity contribution in [2.45, 2.75) is 19.3 Å². The van der Waals surface area contributed by atoms with Crippen molar-refractivity contribution < 1.29 is 9.90 Å². The zero-order valence-electron chi connectivity index (χ0n) is 12.7. The molecule has 0 aliphatic rings. The lowest BCUT2D eigenvalue weighted by Crippen LogP contribution is -2.08. The summed E-state index contributed by atoms with van der Waals surface area (Å²) in [6.45, 7) is 1.94. The summed E-state index contributed by atoms with van der Waals surface area (Å²) in [5.74, 6) is -0.727. The molecule has 2 rings (SSSR count). The highest BCUT2D eigenvalue weighted by Crippen LogP contribution is 2.26. The lowest BCUT2D eigenvalue weighted by molar-refractivity contribution is -0.137. The first-order chi connectivity index (χ1) is 9.97. The van der Waals surface area contributed by atoms with Crippen LogP contribution in [-0.2, 0) is 4.79 Å². The SMILES string of the molecule is CC(CC(=O)O)c1ccc(-c2cccc(N(C)C)c2)cc1. The van der Waals surface area contributed by atoms with Crippen molar-refractivity contribution in [1.29, 1.82) is 0 Å². The van der Waals surface area contributed by atoms with E-state index in [0.29, 0.717) is 0 Å². The number of carbonyl (C=O) groups is 1. The molecule has 0 saturated carbocycles. The molecule has 0 radical (unpaired) electrons. The molecule has 110 valence electrons. The molecule has 0 fully saturated rings. The van der Waals surface area contributed by atoms with Gasteiger partial charge in [-0.3, -0.25) is 4.79 Å². The molecule has 0 heterocycles. The van der Waals surface area contributed by atoms with Crippen molar-refractivity contribution in [3.05, 3.63) is 54.1 Å². The topological polar surface area (TPSA) is 40.5 Å². The van der Waals surface area contributed by atoms with E-state index in [0.717, 1.165) is 16.8 Å². The number of aliphatic carboxylic acids is 1. The van der Waals surface area contributed by atoms with Crippen molar-refractivity contribution in [1.82, 2.24) is 0 Å². The molecule has 0 aliphatic carbocycles. The van der Waals surface area contributed by atoms with Crippen LogP contribution in [-0.4, -0.2) is 25.2 Å². The summed E-state index contributed by atoms with van der Waals surface area (Å²) >= 11 is 0. The Bertz CT molecular complexity index is 617. The first-order valence-electron chi connectivity index (χ1n) is 7.07. The highest BCUT2D eigenvalue weighted by atomic mass is 16.4. The number of carboxylic acids is 1. The molecular weight excluding hydrogens is 262 g/mol. The van der Waals surface area contributed by atoms with E-state index >= 15 is 0 Å². The van der Waals surface area contributed by atoms with E-state index in [9.17, 15) is 4.79 Å². The minimum atomic E-state index is -0.759. The summed E-state index contributed by atoms with van der Waals surface area (Å²) in [4.78, 5) is 12.8. The summed E-state index contributed by atoms with van der Waals surface area (Å²) in [7, 11) is 4.05. The van der Waals surface area contributed by atoms with Gasteiger partial charge in [0.15, 0.2) is 0 Å². The van der Waals surface area contributed by atoms with Gasteiger partial charge in [0.2, 0.25) is 0 Å². The summed E-state index contributed by atoms with van der Waals surface area (Å²) in [6.07, 6.45) is 0.162. The third-order valence-corrected chi connectivity index (χ3v) is 3.66. The van der Waals surface area contributed by atoms with Gasteiger partial charge in [0.1, 0.15) is 0 Å². The Balaban J connectivity index is 2.22. The zero-order chi connectivity index (χ0) is 15.4. The van der Waals surface area contributed by atoms with Crippen molar-refractivity contribution in [2.75, 3.05) is 19.0 Å². The second-order valence-electron chi connectivity index (χ2n) is 5.57. The maximum absolute atomic E-state index is 10.8. The van der Waals surface area contributed by atoms with Crippen molar-refractivity contribution in [3.63, 3.8) is 0 Å². The van der Waals surface area contributed by atoms with Gasteiger partial charge in [-0.25, -0.2) is 0 Å². The van der Waals surface area contributed by atoms with E-state index in [-0.39, 0.29) is 12.3 Å². The van der Waals surface area contributed by atoms with Crippen LogP contribution in [0.3, 0.4) is 0 Å². The average molecular weight is 283 g/mol. The van der Waals surface area contributed by atoms with Crippen LogP contribution in [0.5, 0.6) is 0 Å². The van der Waals surface area contributed by atoms with Crippen LogP contribution >= 0.6 is 0 Å². The molecule has 0 aromatic heterocycles. The van der Waals surface area contributed by atoms with E-state index in [2.05, 4.69) is 35.2 Å². The van der Waals surface area contributed by atoms with Crippen molar-refractivity contribution >= 4 is 11.7 Å². The Labute approximate surface area is 125 Å². The summed E-state index contributed by atoms with van der Waals surface area (Å²) in [5, 5.41) is 8.86. The number of rotatable bonds is 5. The molecule has 1 atom stereocenters. The van der Waals surface area contributed by atoms with Gasteiger partial charge < -0.3 is 10.0 Å². The molecule has 2 aromatic carbocycles. The molecule has 1 unspecified atom stereocenters. The predicted octanol–water partition coefficient (Wildman–Crippen LogP) is 4.00. The van der Waals surface area contributed by atoms with Gasteiger partial charge >= 0.3 is 5.97 Å². The zero-order valence-corrected chi connectivity index (χ0v) is 12.7. The van der Waals surface area contributed by atoms with E-state index in [4.69, 9.17) is 5.11 Å². The lowest BCUT2D eigenvalue weighted by Gasteiger charge is -2.14. The van der Waals surface area contributed by atoms with Crippen LogP contribution in [0.4, 0.5) is 5.69 Å². The van der Waals surface area contributed by atoms with Gasteiger partial charge in [-0.15, -0.1) is 0 Å². The van der Waals surface area contributed by atoms with Gasteiger partial charge in [0.25, 0.3) is 0 Å². The highest BCUT2D eigenvalue weighted by molar-refractivity contribution is 5.70. The second-order valence-corrected chi connectivity index (χ2v) is 5.57. The Kier molecular flexibility index (Phi) is 4.63. The maximum Gasteiger partial charge on any atom is 0.303 e. The third-order valence-electron chi connectivity index (χ3n) is 3.66. The Morgan fingerprint density at radius 3 is 2.33 bits per heavy atom. The molecule has 0 amide bonds. The van der Waals surface area contributed by atoms with Crippen LogP contribution in [0.15, 0.2) is 48.5 Å². The molecule has 2 aromatic rings. The molecule has 3 nitrogen and oxygen atoms in total. The molecule has 0 spiro atoms. The van der Waals surface area contributed by atoms with Crippen LogP contribution < -0.4 is 4.90 Å². The van der Waals surface area contributed by atoms with Crippen LogP contribution in [0.1, 0.15) is 24.8 Å². The quantitative estimate of drug-likeness (QED) is 0.901. The normalized spacial score (nSPS) is 12.0. The fraction of sp³-hybridized carbons (Fsp3) is 0.278. The van der Waals surface area contributed by atoms with Crippen LogP contribution in [0.2, 0.25) is 0 Å². The minimum Gasteiger partial charge on any atom is -0.481 e. The summed E-state index contributed by atoms with van der Waals surface area (Å²) in [5.41, 5.74) is 4.53. The van der Waals surface area contributed by atoms with E-state index in [1.165, 1.54) is 5.56 Å². The van der Waals surface area contributed by atoms with Gasteiger partial charge in [0.05, 0.1) is 6.42 Å². The Morgan fingerprint density at radius 1 is 1.10 bits per heavy atom. The van der Waals surface area contributed by atoms with Crippen molar-refractivity contribution in [3.8, 4) is 11.1 Å². The first kappa shape index (κ1) is 15.1. The Hall–Kier alpha value is -2.29. The monoisotopic (exact) mass is 283 g/mol. The fourth-order valence-electron chi connectivity index (χ4n) is 2.35. The standard InChI is InChI=1S/C18H21NO2/c1-13(11-18(20)21)14-7-9-15(10-8-14)16-5-4-6-17(12-16)19(2)3/h4-10,12-13H,11H2,1-3H3,(H,20,21). The number of anilines is 1. The predicted molar refractivity (Wildman–Crippen MR) is 86.9 cm³/mol. The molecule has 0 saturated heterocycles. The van der Waals surface area contributed by atoms with Gasteiger partial charge in [-0.1, -0.05) is 43.3 Å². The molecular formula is C18H21NO2. The van der Waals surface area contributed by atoms with Crippen molar-refractivity contribution in [2.24, 2.45) is 0 Å². The van der Waals surface area contributed by atoms with Gasteiger partial charge in [0, 0.05) is 19.8 Å². The van der Waals surface area contributed by atoms with Gasteiger partial charge in [-0.05, 0) is 34.7 Å². The highest BCUT2D eigenvalue weighted by Gasteiger charge is 2.10. The summed E-state index contributed by atoms with van der Waals surface area (Å²) < 4.78 is 0. The van der Waals surface area contributed by atoms with E-state index in [1.807, 2.05) is 39.2 Å². The number of carboxylic acid groups (broad SMARTS) is 1. The molecule has 0 aliphatic heterocycles. The van der Waals surface area contributed by atoms with E-state index < -0.39 is 5.97 Å². The smallest absolute Gasteiger partial charge is 0.303 e. The molecule has 0 bridgehead atoms. The molecule has 1 N–H and O–H groups in total. The molecule has 3 heteroatoms. The minimum absolute atomic E-state index is 0.0321. The van der Waals surface area contributed by atoms with Crippen LogP contribution in [0, 0.1) is 0 Å². The molecule has 21 heavy (non-hydrogen) atoms. The van der Waals surface area contributed by atoms with E-state index in [1.54, 1.807) is 0 Å². The Morgan fingerprint density at radius 2 is 1.76 bits per heavy atom. The van der Waals surface area contributed by atoms with Crippen LogP contribution in [0.25, 0.3) is 11.1 Å². The summed E-state index contributed by atoms with van der Waals surface area (Å²) in [6, 6.07) is 16.5. The lowest BCUT2D eigenvalue weighted by atomic mass is 9.95. The number of hydrogen-bond donors (Lipinski definition) is 1. The van der Waals surface area contributed by atoms with Gasteiger partial charge in [-0.2, -0.15) is 0 Å². The number of hydrogen-bond acceptors (Lipinski definition) is 2. The first-order valence-corrected chi connectivity index (χ1v) is 7.07. The number of nitrogens with zero attached hydrogens (tertiary/aromatic N) is 1. The number of benzene rings is 2. The fourth-order valence-corrected chi connectivity index (χ4v) is 2.35. The third kappa shape index (κ3) is 3.85. The maximum atomic E-state index is 10.8.